The molecule has 1 heterocycles. The van der Waals surface area contributed by atoms with E-state index >= 15 is 0 Å². The van der Waals surface area contributed by atoms with Gasteiger partial charge in [0.1, 0.15) is 5.69 Å². The van der Waals surface area contributed by atoms with Gasteiger partial charge in [0, 0.05) is 12.6 Å². The molecular weight excluding hydrogens is 346 g/mol. The lowest BCUT2D eigenvalue weighted by molar-refractivity contribution is 0.102. The summed E-state index contributed by atoms with van der Waals surface area (Å²) in [6, 6.07) is 14.1. The highest BCUT2D eigenvalue weighted by Crippen LogP contribution is 2.28. The van der Waals surface area contributed by atoms with Crippen molar-refractivity contribution in [2.24, 2.45) is 7.05 Å². The van der Waals surface area contributed by atoms with Gasteiger partial charge in [0.15, 0.2) is 11.5 Å². The Morgan fingerprint density at radius 2 is 1.67 bits per heavy atom. The number of anilines is 1. The van der Waals surface area contributed by atoms with Gasteiger partial charge in [0.25, 0.3) is 11.5 Å². The number of methoxy groups -OCH3 is 2. The standard InChI is InChI=1S/C20H21N3O4/c1-13-18(20(25)23(22(13)2)15-8-6-5-7-9-15)21-19(24)14-10-11-16(26-3)17(12-14)27-4/h5-12H,1-4H3,(H,21,24). The number of hydrogen-bond donors (Lipinski definition) is 1. The third-order valence-electron chi connectivity index (χ3n) is 4.44. The van der Waals surface area contributed by atoms with Crippen LogP contribution in [0.5, 0.6) is 11.5 Å². The molecule has 0 saturated heterocycles. The van der Waals surface area contributed by atoms with Crippen molar-refractivity contribution in [2.45, 2.75) is 6.92 Å². The van der Waals surface area contributed by atoms with Crippen molar-refractivity contribution in [2.75, 3.05) is 19.5 Å². The lowest BCUT2D eigenvalue weighted by Crippen LogP contribution is -2.23. The normalized spacial score (nSPS) is 10.5. The van der Waals surface area contributed by atoms with Gasteiger partial charge < -0.3 is 14.8 Å². The fraction of sp³-hybridized carbons (Fsp3) is 0.200. The van der Waals surface area contributed by atoms with Gasteiger partial charge in [-0.1, -0.05) is 18.2 Å². The molecule has 0 fully saturated rings. The van der Waals surface area contributed by atoms with Crippen LogP contribution >= 0.6 is 0 Å². The smallest absolute Gasteiger partial charge is 0.295 e. The van der Waals surface area contributed by atoms with E-state index in [9.17, 15) is 9.59 Å². The summed E-state index contributed by atoms with van der Waals surface area (Å²) in [5, 5.41) is 2.73. The van der Waals surface area contributed by atoms with E-state index in [0.717, 1.165) is 5.69 Å². The molecule has 0 aliphatic rings. The third kappa shape index (κ3) is 3.31. The molecule has 7 nitrogen and oxygen atoms in total. The number of amides is 1. The average Bonchev–Trinajstić information content (AvgIpc) is 2.91. The molecule has 0 atom stereocenters. The van der Waals surface area contributed by atoms with Crippen molar-refractivity contribution in [3.63, 3.8) is 0 Å². The van der Waals surface area contributed by atoms with Crippen LogP contribution in [0.25, 0.3) is 5.69 Å². The summed E-state index contributed by atoms with van der Waals surface area (Å²) in [6.45, 7) is 1.78. The topological polar surface area (TPSA) is 74.5 Å². The molecule has 7 heteroatoms. The molecule has 0 radical (unpaired) electrons. The van der Waals surface area contributed by atoms with E-state index in [1.165, 1.54) is 18.9 Å². The SMILES string of the molecule is COc1ccc(C(=O)Nc2c(C)n(C)n(-c3ccccc3)c2=O)cc1OC. The van der Waals surface area contributed by atoms with E-state index in [4.69, 9.17) is 9.47 Å². The van der Waals surface area contributed by atoms with Crippen LogP contribution in [-0.4, -0.2) is 29.5 Å². The second-order valence-corrected chi connectivity index (χ2v) is 5.96. The summed E-state index contributed by atoms with van der Waals surface area (Å²) < 4.78 is 13.6. The predicted molar refractivity (Wildman–Crippen MR) is 103 cm³/mol. The largest absolute Gasteiger partial charge is 0.493 e. The first kappa shape index (κ1) is 18.3. The number of carbonyl (C=O) groups excluding carboxylic acids is 1. The second kappa shape index (κ2) is 7.41. The number of rotatable bonds is 5. The molecule has 140 valence electrons. The van der Waals surface area contributed by atoms with Gasteiger partial charge in [-0.05, 0) is 37.3 Å². The van der Waals surface area contributed by atoms with Gasteiger partial charge in [0.05, 0.1) is 25.6 Å². The van der Waals surface area contributed by atoms with Gasteiger partial charge in [0.2, 0.25) is 0 Å². The van der Waals surface area contributed by atoms with Crippen LogP contribution in [-0.2, 0) is 7.05 Å². The van der Waals surface area contributed by atoms with Crippen LogP contribution in [0.2, 0.25) is 0 Å². The van der Waals surface area contributed by atoms with Gasteiger partial charge in [-0.2, -0.15) is 0 Å². The lowest BCUT2D eigenvalue weighted by atomic mass is 10.2. The molecule has 27 heavy (non-hydrogen) atoms. The summed E-state index contributed by atoms with van der Waals surface area (Å²) in [5.74, 6) is 0.565. The van der Waals surface area contributed by atoms with E-state index in [1.54, 1.807) is 36.9 Å². The van der Waals surface area contributed by atoms with Gasteiger partial charge >= 0.3 is 0 Å². The van der Waals surface area contributed by atoms with E-state index in [2.05, 4.69) is 5.32 Å². The van der Waals surface area contributed by atoms with Crippen LogP contribution in [0.1, 0.15) is 16.1 Å². The average molecular weight is 367 g/mol. The maximum atomic E-state index is 12.9. The number of carbonyl (C=O) groups is 1. The predicted octanol–water partition coefficient (Wildman–Crippen LogP) is 2.75. The summed E-state index contributed by atoms with van der Waals surface area (Å²) in [7, 11) is 4.80. The first-order valence-electron chi connectivity index (χ1n) is 8.35. The van der Waals surface area contributed by atoms with Crippen LogP contribution < -0.4 is 20.3 Å². The molecule has 0 bridgehead atoms. The molecule has 0 saturated carbocycles. The molecule has 2 aromatic carbocycles. The van der Waals surface area contributed by atoms with Crippen molar-refractivity contribution in [3.05, 3.63) is 70.1 Å². The first-order chi connectivity index (χ1) is 13.0. The van der Waals surface area contributed by atoms with Gasteiger partial charge in [-0.15, -0.1) is 0 Å². The number of aromatic nitrogens is 2. The molecular formula is C20H21N3O4. The van der Waals surface area contributed by atoms with Gasteiger partial charge in [-0.3, -0.25) is 14.3 Å². The Hall–Kier alpha value is -3.48. The first-order valence-corrected chi connectivity index (χ1v) is 8.35. The molecule has 1 aromatic heterocycles. The monoisotopic (exact) mass is 367 g/mol. The molecule has 0 spiro atoms. The number of nitrogens with zero attached hydrogens (tertiary/aromatic N) is 2. The van der Waals surface area contributed by atoms with Crippen LogP contribution in [0.4, 0.5) is 5.69 Å². The van der Waals surface area contributed by atoms with Crippen molar-refractivity contribution in [1.82, 2.24) is 9.36 Å². The Balaban J connectivity index is 1.97. The highest BCUT2D eigenvalue weighted by molar-refractivity contribution is 6.04. The minimum atomic E-state index is -0.401. The minimum Gasteiger partial charge on any atom is -0.493 e. The van der Waals surface area contributed by atoms with E-state index in [0.29, 0.717) is 22.8 Å². The van der Waals surface area contributed by atoms with E-state index in [-0.39, 0.29) is 11.2 Å². The quantitative estimate of drug-likeness (QED) is 0.752. The van der Waals surface area contributed by atoms with Gasteiger partial charge in [-0.25, -0.2) is 4.68 Å². The molecule has 0 unspecified atom stereocenters. The summed E-state index contributed by atoms with van der Waals surface area (Å²) in [4.78, 5) is 25.6. The van der Waals surface area contributed by atoms with Crippen molar-refractivity contribution in [3.8, 4) is 17.2 Å². The highest BCUT2D eigenvalue weighted by Gasteiger charge is 2.19. The zero-order valence-electron chi connectivity index (χ0n) is 15.6. The van der Waals surface area contributed by atoms with Crippen molar-refractivity contribution < 1.29 is 14.3 Å². The van der Waals surface area contributed by atoms with Crippen molar-refractivity contribution >= 4 is 11.6 Å². The summed E-state index contributed by atoms with van der Waals surface area (Å²) in [6.07, 6.45) is 0. The minimum absolute atomic E-state index is 0.237. The third-order valence-corrected chi connectivity index (χ3v) is 4.44. The molecule has 0 aliphatic heterocycles. The summed E-state index contributed by atoms with van der Waals surface area (Å²) in [5.41, 5.74) is 1.68. The zero-order chi connectivity index (χ0) is 19.6. The lowest BCUT2D eigenvalue weighted by Gasteiger charge is -2.09. The molecule has 1 N–H and O–H groups in total. The Kier molecular flexibility index (Phi) is 5.03. The molecule has 3 aromatic rings. The Morgan fingerprint density at radius 1 is 1.00 bits per heavy atom. The maximum Gasteiger partial charge on any atom is 0.295 e. The number of ether oxygens (including phenoxy) is 2. The highest BCUT2D eigenvalue weighted by atomic mass is 16.5. The zero-order valence-corrected chi connectivity index (χ0v) is 15.6. The maximum absolute atomic E-state index is 12.9. The summed E-state index contributed by atoms with van der Waals surface area (Å²) >= 11 is 0. The molecule has 1 amide bonds. The number of hydrogen-bond acceptors (Lipinski definition) is 4. The number of benzene rings is 2. The Labute approximate surface area is 156 Å². The fourth-order valence-electron chi connectivity index (χ4n) is 2.88. The van der Waals surface area contributed by atoms with Crippen LogP contribution in [0, 0.1) is 6.92 Å². The Bertz CT molecular complexity index is 1040. The van der Waals surface area contributed by atoms with E-state index < -0.39 is 5.91 Å². The van der Waals surface area contributed by atoms with Crippen LogP contribution in [0.15, 0.2) is 53.3 Å². The van der Waals surface area contributed by atoms with E-state index in [1.807, 2.05) is 30.3 Å². The molecule has 0 aliphatic carbocycles. The van der Waals surface area contributed by atoms with Crippen LogP contribution in [0.3, 0.4) is 0 Å². The van der Waals surface area contributed by atoms with Crippen molar-refractivity contribution in [1.29, 1.82) is 0 Å². The Morgan fingerprint density at radius 3 is 2.30 bits per heavy atom. The number of nitrogens with one attached hydrogen (secondary N) is 1. The fourth-order valence-corrected chi connectivity index (χ4v) is 2.88. The second-order valence-electron chi connectivity index (χ2n) is 5.96. The number of para-hydroxylation sites is 1. The molecule has 3 rings (SSSR count).